The molecule has 3 aromatic carbocycles. The first-order valence-corrected chi connectivity index (χ1v) is 13.5. The maximum atomic E-state index is 12.5. The number of hydrogen-bond acceptors (Lipinski definition) is 9. The van der Waals surface area contributed by atoms with E-state index in [4.69, 9.17) is 23.7 Å². The fourth-order valence-corrected chi connectivity index (χ4v) is 5.27. The Kier molecular flexibility index (Phi) is 8.48. The molecule has 1 N–H and O–H groups in total. The quantitative estimate of drug-likeness (QED) is 0.242. The molecule has 0 bridgehead atoms. The summed E-state index contributed by atoms with van der Waals surface area (Å²) in [5.74, 6) is 2.17. The van der Waals surface area contributed by atoms with Crippen molar-refractivity contribution in [2.24, 2.45) is 10.2 Å². The van der Waals surface area contributed by atoms with E-state index in [-0.39, 0.29) is 24.2 Å². The molecule has 1 aromatic heterocycles. The zero-order chi connectivity index (χ0) is 29.8. The van der Waals surface area contributed by atoms with Gasteiger partial charge in [-0.05, 0) is 54.8 Å². The Labute approximate surface area is 243 Å². The van der Waals surface area contributed by atoms with Crippen molar-refractivity contribution in [1.29, 1.82) is 0 Å². The molecule has 0 fully saturated rings. The number of rotatable bonds is 10. The zero-order valence-corrected chi connectivity index (χ0v) is 24.3. The number of carbonyl (C=O) groups excluding carboxylic acids is 1. The molecule has 0 aliphatic carbocycles. The molecule has 42 heavy (non-hydrogen) atoms. The van der Waals surface area contributed by atoms with Crippen LogP contribution in [0.2, 0.25) is 0 Å². The van der Waals surface area contributed by atoms with Crippen molar-refractivity contribution >= 4 is 22.5 Å². The lowest BCUT2D eigenvalue weighted by Gasteiger charge is -2.36. The number of ether oxygens (including phenoxy) is 5. The van der Waals surface area contributed by atoms with Gasteiger partial charge in [-0.15, -0.1) is 10.2 Å². The maximum Gasteiger partial charge on any atom is 0.302 e. The molecule has 0 radical (unpaired) electrons. The van der Waals surface area contributed by atoms with Crippen molar-refractivity contribution in [3.63, 3.8) is 0 Å². The smallest absolute Gasteiger partial charge is 0.302 e. The number of fused-ring (bicyclic) bond motifs is 2. The predicted molar refractivity (Wildman–Crippen MR) is 157 cm³/mol. The first-order chi connectivity index (χ1) is 20.4. The molecule has 0 spiro atoms. The molecule has 1 aliphatic heterocycles. The van der Waals surface area contributed by atoms with Gasteiger partial charge in [-0.25, -0.2) is 0 Å². The van der Waals surface area contributed by atoms with E-state index >= 15 is 0 Å². The first-order valence-electron chi connectivity index (χ1n) is 13.5. The second-order valence-electron chi connectivity index (χ2n) is 9.80. The van der Waals surface area contributed by atoms with Gasteiger partial charge in [-0.2, -0.15) is 0 Å². The summed E-state index contributed by atoms with van der Waals surface area (Å²) in [4.78, 5) is 14.8. The molecular formula is C31H34N4O7. The summed E-state index contributed by atoms with van der Waals surface area (Å²) in [5, 5.41) is 19.9. The molecule has 0 saturated heterocycles. The minimum absolute atomic E-state index is 0.0505. The SMILES string of the molecule is COc1ccc(OCC(=O)N=Nc2c(O)n(CN3CCc4cc(OC)c(OC)cc4[C@@H]3C)c3ccccc23)cc1OC. The highest BCUT2D eigenvalue weighted by molar-refractivity contribution is 5.95. The van der Waals surface area contributed by atoms with Crippen molar-refractivity contribution in [2.75, 3.05) is 41.6 Å². The maximum absolute atomic E-state index is 12.5. The van der Waals surface area contributed by atoms with Crippen LogP contribution in [0.5, 0.6) is 34.6 Å². The average molecular weight is 575 g/mol. The van der Waals surface area contributed by atoms with Crippen LogP contribution in [0.1, 0.15) is 24.1 Å². The lowest BCUT2D eigenvalue weighted by atomic mass is 9.93. The van der Waals surface area contributed by atoms with E-state index < -0.39 is 5.91 Å². The second kappa shape index (κ2) is 12.4. The Balaban J connectivity index is 1.35. The largest absolute Gasteiger partial charge is 0.493 e. The van der Waals surface area contributed by atoms with Crippen LogP contribution in [0.25, 0.3) is 10.9 Å². The summed E-state index contributed by atoms with van der Waals surface area (Å²) < 4.78 is 28.9. The van der Waals surface area contributed by atoms with Gasteiger partial charge < -0.3 is 28.8 Å². The fraction of sp³-hybridized carbons (Fsp3) is 0.323. The number of benzene rings is 3. The molecular weight excluding hydrogens is 540 g/mol. The Bertz CT molecular complexity index is 1630. The highest BCUT2D eigenvalue weighted by Gasteiger charge is 2.28. The van der Waals surface area contributed by atoms with Gasteiger partial charge >= 0.3 is 5.91 Å². The second-order valence-corrected chi connectivity index (χ2v) is 9.80. The minimum atomic E-state index is -0.605. The minimum Gasteiger partial charge on any atom is -0.493 e. The molecule has 11 heteroatoms. The third-order valence-corrected chi connectivity index (χ3v) is 7.53. The number of aromatic hydroxyl groups is 1. The highest BCUT2D eigenvalue weighted by atomic mass is 16.5. The Morgan fingerprint density at radius 3 is 2.36 bits per heavy atom. The third-order valence-electron chi connectivity index (χ3n) is 7.53. The van der Waals surface area contributed by atoms with Gasteiger partial charge in [0.15, 0.2) is 35.3 Å². The number of amides is 1. The number of aromatic nitrogens is 1. The summed E-state index contributed by atoms with van der Waals surface area (Å²) in [6.45, 7) is 2.98. The van der Waals surface area contributed by atoms with Gasteiger partial charge in [0.2, 0.25) is 5.88 Å². The zero-order valence-electron chi connectivity index (χ0n) is 24.3. The number of nitrogens with zero attached hydrogens (tertiary/aromatic N) is 4. The predicted octanol–water partition coefficient (Wildman–Crippen LogP) is 5.65. The Morgan fingerprint density at radius 2 is 1.62 bits per heavy atom. The van der Waals surface area contributed by atoms with Crippen LogP contribution in [0, 0.1) is 0 Å². The van der Waals surface area contributed by atoms with E-state index in [1.807, 2.05) is 36.4 Å². The van der Waals surface area contributed by atoms with Gasteiger partial charge in [-0.3, -0.25) is 14.3 Å². The lowest BCUT2D eigenvalue weighted by molar-refractivity contribution is -0.120. The molecule has 11 nitrogen and oxygen atoms in total. The molecule has 220 valence electrons. The molecule has 5 rings (SSSR count). The van der Waals surface area contributed by atoms with Crippen molar-refractivity contribution < 1.29 is 33.6 Å². The molecule has 0 saturated carbocycles. The highest BCUT2D eigenvalue weighted by Crippen LogP contribution is 2.42. The Morgan fingerprint density at radius 1 is 0.929 bits per heavy atom. The standard InChI is InChI=1S/C31H34N4O7/c1-19-23-16-28(41-5)26(39-3)14-20(23)12-13-34(19)18-35-24-9-7-6-8-22(24)30(31(35)37)33-32-29(36)17-42-21-10-11-25(38-2)27(15-21)40-4/h6-11,14-16,19,37H,12-13,17-18H2,1-5H3/t19-/m0/s1. The third kappa shape index (κ3) is 5.55. The van der Waals surface area contributed by atoms with Gasteiger partial charge in [0.05, 0.1) is 40.6 Å². The Hall–Kier alpha value is -4.77. The molecule has 1 aliphatic rings. The van der Waals surface area contributed by atoms with Gasteiger partial charge in [0.1, 0.15) is 5.75 Å². The van der Waals surface area contributed by atoms with Gasteiger partial charge in [0, 0.05) is 24.0 Å². The van der Waals surface area contributed by atoms with Crippen LogP contribution in [0.15, 0.2) is 64.8 Å². The summed E-state index contributed by atoms with van der Waals surface area (Å²) >= 11 is 0. The van der Waals surface area contributed by atoms with E-state index in [0.29, 0.717) is 40.8 Å². The van der Waals surface area contributed by atoms with Crippen LogP contribution in [0.4, 0.5) is 5.69 Å². The van der Waals surface area contributed by atoms with Crippen LogP contribution < -0.4 is 23.7 Å². The molecule has 1 atom stereocenters. The van der Waals surface area contributed by atoms with E-state index in [0.717, 1.165) is 24.0 Å². The van der Waals surface area contributed by atoms with Crippen LogP contribution in [-0.2, 0) is 17.9 Å². The molecule has 4 aromatic rings. The normalized spacial score (nSPS) is 15.0. The summed E-state index contributed by atoms with van der Waals surface area (Å²) in [6, 6.07) is 16.6. The topological polar surface area (TPSA) is 116 Å². The van der Waals surface area contributed by atoms with Crippen LogP contribution in [0.3, 0.4) is 0 Å². The van der Waals surface area contributed by atoms with E-state index in [1.165, 1.54) is 19.8 Å². The molecule has 1 amide bonds. The number of methoxy groups -OCH3 is 4. The fourth-order valence-electron chi connectivity index (χ4n) is 5.27. The molecule has 0 unspecified atom stereocenters. The van der Waals surface area contributed by atoms with Crippen molar-refractivity contribution in [2.45, 2.75) is 26.1 Å². The van der Waals surface area contributed by atoms with Crippen molar-refractivity contribution in [3.05, 3.63) is 65.7 Å². The van der Waals surface area contributed by atoms with Crippen LogP contribution >= 0.6 is 0 Å². The lowest BCUT2D eigenvalue weighted by Crippen LogP contribution is -2.35. The van der Waals surface area contributed by atoms with Crippen molar-refractivity contribution in [3.8, 4) is 34.6 Å². The number of hydrogen-bond donors (Lipinski definition) is 1. The number of para-hydroxylation sites is 1. The first kappa shape index (κ1) is 28.7. The number of carbonyl (C=O) groups is 1. The van der Waals surface area contributed by atoms with E-state index in [1.54, 1.807) is 37.0 Å². The average Bonchev–Trinajstić information content (AvgIpc) is 3.29. The van der Waals surface area contributed by atoms with Gasteiger partial charge in [0.25, 0.3) is 0 Å². The van der Waals surface area contributed by atoms with Crippen molar-refractivity contribution in [1.82, 2.24) is 9.47 Å². The van der Waals surface area contributed by atoms with Gasteiger partial charge in [-0.1, -0.05) is 18.2 Å². The summed E-state index contributed by atoms with van der Waals surface area (Å²) in [6.07, 6.45) is 0.821. The van der Waals surface area contributed by atoms with Crippen LogP contribution in [-0.4, -0.2) is 62.1 Å². The van der Waals surface area contributed by atoms with E-state index in [2.05, 4.69) is 22.1 Å². The summed E-state index contributed by atoms with van der Waals surface area (Å²) in [5.41, 5.74) is 3.36. The monoisotopic (exact) mass is 574 g/mol. The molecule has 2 heterocycles. The van der Waals surface area contributed by atoms with E-state index in [9.17, 15) is 9.90 Å². The number of azo groups is 1. The summed E-state index contributed by atoms with van der Waals surface area (Å²) in [7, 11) is 6.32.